The number of carbonyl (C=O) groups excluding carboxylic acids is 1. The number of nitrogens with one attached hydrogen (secondary N) is 1. The minimum Gasteiger partial charge on any atom is -0.299 e. The zero-order valence-corrected chi connectivity index (χ0v) is 15.5. The summed E-state index contributed by atoms with van der Waals surface area (Å²) < 4.78 is 25.4. The van der Waals surface area contributed by atoms with E-state index in [-0.39, 0.29) is 16.5 Å². The van der Waals surface area contributed by atoms with E-state index in [1.54, 1.807) is 6.26 Å². The van der Waals surface area contributed by atoms with Crippen LogP contribution in [0.5, 0.6) is 0 Å². The Kier molecular flexibility index (Phi) is 5.92. The molecule has 2 rings (SSSR count). The molecule has 134 valence electrons. The molecule has 0 aliphatic rings. The van der Waals surface area contributed by atoms with Gasteiger partial charge in [-0.15, -0.1) is 10.2 Å². The van der Waals surface area contributed by atoms with Crippen molar-refractivity contribution in [3.05, 3.63) is 34.4 Å². The number of nitrogens with zero attached hydrogens (tertiary/aromatic N) is 4. The molecule has 2 aromatic rings. The number of hydrogen-bond acceptors (Lipinski definition) is 9. The minimum absolute atomic E-state index is 0.0221. The fourth-order valence-corrected chi connectivity index (χ4v) is 3.83. The van der Waals surface area contributed by atoms with Crippen LogP contribution in [0.3, 0.4) is 0 Å². The lowest BCUT2D eigenvalue weighted by Gasteiger charge is -2.21. The van der Waals surface area contributed by atoms with Crippen molar-refractivity contribution in [2.45, 2.75) is 4.34 Å². The smallest absolute Gasteiger partial charge is 0.271 e. The number of non-ortho nitro benzene ring substituents is 1. The van der Waals surface area contributed by atoms with Gasteiger partial charge in [-0.25, -0.2) is 8.42 Å². The van der Waals surface area contributed by atoms with Crippen LogP contribution >= 0.6 is 23.1 Å². The number of nitro groups is 1. The van der Waals surface area contributed by atoms with E-state index in [4.69, 9.17) is 0 Å². The molecule has 0 unspecified atom stereocenters. The molecule has 0 saturated heterocycles. The van der Waals surface area contributed by atoms with Gasteiger partial charge in [0.15, 0.2) is 4.34 Å². The maximum atomic E-state index is 12.1. The van der Waals surface area contributed by atoms with E-state index in [0.717, 1.165) is 28.0 Å². The molecule has 10 nitrogen and oxygen atoms in total. The molecule has 13 heteroatoms. The van der Waals surface area contributed by atoms with Gasteiger partial charge in [0.2, 0.25) is 21.1 Å². The average molecular weight is 403 g/mol. The van der Waals surface area contributed by atoms with Gasteiger partial charge in [0.1, 0.15) is 6.54 Å². The highest BCUT2D eigenvalue weighted by Crippen LogP contribution is 2.25. The first kappa shape index (κ1) is 19.1. The van der Waals surface area contributed by atoms with Gasteiger partial charge in [-0.3, -0.25) is 24.5 Å². The molecular formula is C12H13N5O5S3. The maximum absolute atomic E-state index is 12.1. The molecule has 0 saturated carbocycles. The summed E-state index contributed by atoms with van der Waals surface area (Å²) in [5.41, 5.74) is -0.255. The number of rotatable bonds is 7. The summed E-state index contributed by atoms with van der Waals surface area (Å²) in [6, 6.07) is 5.04. The van der Waals surface area contributed by atoms with Gasteiger partial charge < -0.3 is 0 Å². The predicted octanol–water partition coefficient (Wildman–Crippen LogP) is 1.57. The van der Waals surface area contributed by atoms with Crippen LogP contribution in [0.15, 0.2) is 28.6 Å². The van der Waals surface area contributed by atoms with Crippen molar-refractivity contribution in [2.75, 3.05) is 28.7 Å². The number of amides is 1. The molecule has 0 spiro atoms. The van der Waals surface area contributed by atoms with E-state index in [2.05, 4.69) is 15.5 Å². The number of nitro benzene ring substituents is 1. The van der Waals surface area contributed by atoms with Crippen molar-refractivity contribution < 1.29 is 18.1 Å². The Morgan fingerprint density at radius 3 is 2.72 bits per heavy atom. The lowest BCUT2D eigenvalue weighted by molar-refractivity contribution is -0.384. The van der Waals surface area contributed by atoms with Crippen molar-refractivity contribution in [3.8, 4) is 0 Å². The quantitative estimate of drug-likeness (QED) is 0.318. The molecule has 1 aromatic heterocycles. The molecule has 0 aliphatic carbocycles. The molecule has 0 atom stereocenters. The monoisotopic (exact) mass is 403 g/mol. The van der Waals surface area contributed by atoms with Crippen LogP contribution in [0.2, 0.25) is 0 Å². The Hall–Kier alpha value is -2.25. The highest BCUT2D eigenvalue weighted by atomic mass is 32.2. The summed E-state index contributed by atoms with van der Waals surface area (Å²) >= 11 is 2.51. The highest BCUT2D eigenvalue weighted by molar-refractivity contribution is 8.00. The minimum atomic E-state index is -3.83. The number of thioether (sulfide) groups is 1. The molecule has 0 bridgehead atoms. The van der Waals surface area contributed by atoms with Crippen LogP contribution in [0.25, 0.3) is 0 Å². The van der Waals surface area contributed by atoms with Gasteiger partial charge in [0.25, 0.3) is 5.69 Å². The van der Waals surface area contributed by atoms with E-state index >= 15 is 0 Å². The number of benzene rings is 1. The molecule has 1 aromatic carbocycles. The van der Waals surface area contributed by atoms with Crippen molar-refractivity contribution in [1.82, 2.24) is 10.2 Å². The van der Waals surface area contributed by atoms with E-state index in [9.17, 15) is 23.3 Å². The fourth-order valence-electron chi connectivity index (χ4n) is 1.79. The third-order valence-electron chi connectivity index (χ3n) is 2.84. The van der Waals surface area contributed by atoms with Crippen LogP contribution in [0, 0.1) is 10.1 Å². The van der Waals surface area contributed by atoms with Crippen LogP contribution in [-0.2, 0) is 14.8 Å². The molecule has 25 heavy (non-hydrogen) atoms. The van der Waals surface area contributed by atoms with Gasteiger partial charge in [-0.2, -0.15) is 0 Å². The molecular weight excluding hydrogens is 390 g/mol. The lowest BCUT2D eigenvalue weighted by Crippen LogP contribution is -2.37. The van der Waals surface area contributed by atoms with E-state index in [0.29, 0.717) is 4.34 Å². The van der Waals surface area contributed by atoms with Gasteiger partial charge >= 0.3 is 0 Å². The van der Waals surface area contributed by atoms with Gasteiger partial charge in [-0.1, -0.05) is 29.2 Å². The Balaban J connectivity index is 2.22. The Labute approximate surface area is 151 Å². The van der Waals surface area contributed by atoms with Crippen LogP contribution in [0.4, 0.5) is 16.5 Å². The summed E-state index contributed by atoms with van der Waals surface area (Å²) in [7, 11) is -3.83. The van der Waals surface area contributed by atoms with Gasteiger partial charge in [-0.05, 0) is 12.3 Å². The number of hydrogen-bond donors (Lipinski definition) is 1. The zero-order valence-electron chi connectivity index (χ0n) is 13.1. The number of anilines is 2. The molecule has 1 amide bonds. The second-order valence-electron chi connectivity index (χ2n) is 4.67. The summed E-state index contributed by atoms with van der Waals surface area (Å²) in [5.74, 6) is -0.638. The standard InChI is InChI=1S/C12H13N5O5S3/c1-23-12-15-14-11(24-12)13-10(18)7-16(25(2,21)22)8-4-3-5-9(6-8)17(19)20/h3-6H,7H2,1-2H3,(H,13,14,18). The third kappa shape index (κ3) is 5.11. The Morgan fingerprint density at radius 1 is 1.44 bits per heavy atom. The second-order valence-corrected chi connectivity index (χ2v) is 8.61. The number of sulfonamides is 1. The largest absolute Gasteiger partial charge is 0.299 e. The summed E-state index contributed by atoms with van der Waals surface area (Å²) in [6.07, 6.45) is 2.72. The van der Waals surface area contributed by atoms with Gasteiger partial charge in [0.05, 0.1) is 16.9 Å². The molecule has 1 heterocycles. The first-order valence-corrected chi connectivity index (χ1v) is 10.5. The maximum Gasteiger partial charge on any atom is 0.271 e. The average Bonchev–Trinajstić information content (AvgIpc) is 2.99. The summed E-state index contributed by atoms with van der Waals surface area (Å²) in [4.78, 5) is 22.4. The first-order chi connectivity index (χ1) is 11.7. The number of aromatic nitrogens is 2. The third-order valence-corrected chi connectivity index (χ3v) is 5.80. The lowest BCUT2D eigenvalue weighted by atomic mass is 10.3. The van der Waals surface area contributed by atoms with E-state index in [1.165, 1.54) is 30.0 Å². The van der Waals surface area contributed by atoms with Crippen LogP contribution in [0.1, 0.15) is 0 Å². The molecule has 0 radical (unpaired) electrons. The Morgan fingerprint density at radius 2 is 2.16 bits per heavy atom. The topological polar surface area (TPSA) is 135 Å². The Bertz CT molecular complexity index is 898. The first-order valence-electron chi connectivity index (χ1n) is 6.60. The highest BCUT2D eigenvalue weighted by Gasteiger charge is 2.23. The van der Waals surface area contributed by atoms with Crippen molar-refractivity contribution in [3.63, 3.8) is 0 Å². The molecule has 0 fully saturated rings. The number of carbonyl (C=O) groups is 1. The van der Waals surface area contributed by atoms with Crippen molar-refractivity contribution >= 4 is 55.5 Å². The predicted molar refractivity (Wildman–Crippen MR) is 95.6 cm³/mol. The molecule has 1 N–H and O–H groups in total. The van der Waals surface area contributed by atoms with E-state index in [1.807, 2.05) is 0 Å². The molecule has 0 aliphatic heterocycles. The second kappa shape index (κ2) is 7.76. The van der Waals surface area contributed by atoms with Crippen molar-refractivity contribution in [2.24, 2.45) is 0 Å². The normalized spacial score (nSPS) is 11.1. The SMILES string of the molecule is CSc1nnc(NC(=O)CN(c2cccc([N+](=O)[O-])c2)S(C)(=O)=O)s1. The van der Waals surface area contributed by atoms with Crippen LogP contribution in [-0.4, -0.2) is 48.5 Å². The fraction of sp³-hybridized carbons (Fsp3) is 0.250. The summed E-state index contributed by atoms with van der Waals surface area (Å²) in [6.45, 7) is -0.547. The van der Waals surface area contributed by atoms with Crippen LogP contribution < -0.4 is 9.62 Å². The van der Waals surface area contributed by atoms with Crippen molar-refractivity contribution in [1.29, 1.82) is 0 Å². The summed E-state index contributed by atoms with van der Waals surface area (Å²) in [5, 5.41) is 21.1. The van der Waals surface area contributed by atoms with Gasteiger partial charge in [0, 0.05) is 12.1 Å². The zero-order chi connectivity index (χ0) is 18.6. The van der Waals surface area contributed by atoms with E-state index < -0.39 is 27.4 Å².